The number of fused-ring (bicyclic) bond motifs is 4. The van der Waals surface area contributed by atoms with Gasteiger partial charge in [-0.25, -0.2) is 9.97 Å². The number of nitrogens with zero attached hydrogens (tertiary/aromatic N) is 5. The van der Waals surface area contributed by atoms with E-state index in [-0.39, 0.29) is 11.8 Å². The lowest BCUT2D eigenvalue weighted by Gasteiger charge is -2.26. The van der Waals surface area contributed by atoms with Crippen molar-refractivity contribution in [2.24, 2.45) is 5.92 Å². The number of nitrogens with one attached hydrogen (secondary N) is 1. The van der Waals surface area contributed by atoms with Crippen LogP contribution in [-0.4, -0.2) is 44.0 Å². The first-order chi connectivity index (χ1) is 14.1. The van der Waals surface area contributed by atoms with Crippen molar-refractivity contribution >= 4 is 60.7 Å². The summed E-state index contributed by atoms with van der Waals surface area (Å²) in [4.78, 5) is 25.7. The molecular formula is C20H20N6OS2. The normalized spacial score (nSPS) is 16.1. The van der Waals surface area contributed by atoms with Crippen LogP contribution in [-0.2, 0) is 17.6 Å². The average Bonchev–Trinajstić information content (AvgIpc) is 3.36. The molecule has 1 N–H and O–H groups in total. The van der Waals surface area contributed by atoms with E-state index in [2.05, 4.69) is 24.9 Å². The fraction of sp³-hybridized carbons (Fsp3) is 0.350. The van der Waals surface area contributed by atoms with Crippen LogP contribution < -0.4 is 5.32 Å². The third-order valence-electron chi connectivity index (χ3n) is 5.56. The van der Waals surface area contributed by atoms with Gasteiger partial charge in [-0.1, -0.05) is 4.49 Å². The maximum atomic E-state index is 12.6. The zero-order chi connectivity index (χ0) is 20.0. The van der Waals surface area contributed by atoms with Crippen LogP contribution in [0.5, 0.6) is 0 Å². The smallest absolute Gasteiger partial charge is 0.225 e. The van der Waals surface area contributed by atoms with Gasteiger partial charge in [0.15, 0.2) is 0 Å². The Balaban J connectivity index is 1.49. The van der Waals surface area contributed by atoms with E-state index in [1.165, 1.54) is 22.0 Å². The minimum Gasteiger partial charge on any atom is -0.346 e. The first-order valence-corrected chi connectivity index (χ1v) is 11.2. The number of anilines is 2. The minimum atomic E-state index is 0.0612. The molecule has 9 heteroatoms. The van der Waals surface area contributed by atoms with Gasteiger partial charge in [-0.3, -0.25) is 4.79 Å². The third-order valence-corrected chi connectivity index (χ3v) is 7.40. The third kappa shape index (κ3) is 3.24. The number of aryl methyl sites for hydroxylation is 1. The largest absolute Gasteiger partial charge is 0.346 e. The summed E-state index contributed by atoms with van der Waals surface area (Å²) in [6, 6.07) is 6.00. The van der Waals surface area contributed by atoms with Gasteiger partial charge in [-0.2, -0.15) is 0 Å². The van der Waals surface area contributed by atoms with E-state index in [0.29, 0.717) is 0 Å². The molecule has 3 heterocycles. The summed E-state index contributed by atoms with van der Waals surface area (Å²) >= 11 is 3.07. The molecule has 0 aliphatic heterocycles. The molecule has 29 heavy (non-hydrogen) atoms. The van der Waals surface area contributed by atoms with Crippen molar-refractivity contribution < 1.29 is 4.79 Å². The van der Waals surface area contributed by atoms with Crippen molar-refractivity contribution in [3.8, 4) is 0 Å². The summed E-state index contributed by atoms with van der Waals surface area (Å²) in [6.07, 6.45) is 4.14. The molecule has 1 aliphatic carbocycles. The number of carbonyl (C=O) groups is 1. The Labute approximate surface area is 176 Å². The lowest BCUT2D eigenvalue weighted by Crippen LogP contribution is -2.35. The van der Waals surface area contributed by atoms with E-state index in [1.54, 1.807) is 17.7 Å². The van der Waals surface area contributed by atoms with E-state index in [9.17, 15) is 4.79 Å². The molecule has 0 bridgehead atoms. The first kappa shape index (κ1) is 18.4. The predicted molar refractivity (Wildman–Crippen MR) is 117 cm³/mol. The number of carbonyl (C=O) groups excluding carboxylic acids is 1. The first-order valence-electron chi connectivity index (χ1n) is 9.63. The highest BCUT2D eigenvalue weighted by Crippen LogP contribution is 2.40. The average molecular weight is 425 g/mol. The number of benzene rings is 1. The van der Waals surface area contributed by atoms with Gasteiger partial charge in [0, 0.05) is 30.1 Å². The van der Waals surface area contributed by atoms with Crippen molar-refractivity contribution in [1.82, 2.24) is 24.5 Å². The molecule has 0 radical (unpaired) electrons. The molecule has 1 aromatic carbocycles. The number of thiophene rings is 1. The molecule has 0 spiro atoms. The Hall–Kier alpha value is -2.65. The van der Waals surface area contributed by atoms with Gasteiger partial charge >= 0.3 is 0 Å². The molecule has 0 unspecified atom stereocenters. The molecule has 1 atom stereocenters. The van der Waals surface area contributed by atoms with E-state index >= 15 is 0 Å². The summed E-state index contributed by atoms with van der Waals surface area (Å²) in [6.45, 7) is 2.76. The van der Waals surface area contributed by atoms with Gasteiger partial charge in [-0.15, -0.1) is 16.4 Å². The summed E-state index contributed by atoms with van der Waals surface area (Å²) in [7, 11) is 1.88. The summed E-state index contributed by atoms with van der Waals surface area (Å²) in [5.41, 5.74) is 3.14. The van der Waals surface area contributed by atoms with Gasteiger partial charge in [-0.05, 0) is 61.5 Å². The van der Waals surface area contributed by atoms with Crippen molar-refractivity contribution in [3.63, 3.8) is 0 Å². The molecule has 4 aromatic rings. The van der Waals surface area contributed by atoms with Crippen LogP contribution in [0.3, 0.4) is 0 Å². The lowest BCUT2D eigenvalue weighted by atomic mass is 9.87. The minimum absolute atomic E-state index is 0.0612. The summed E-state index contributed by atoms with van der Waals surface area (Å²) < 4.78 is 5.03. The van der Waals surface area contributed by atoms with Crippen molar-refractivity contribution in [1.29, 1.82) is 0 Å². The molecule has 148 valence electrons. The van der Waals surface area contributed by atoms with Crippen LogP contribution >= 0.6 is 22.9 Å². The Morgan fingerprint density at radius 1 is 1.34 bits per heavy atom. The number of rotatable bonds is 4. The summed E-state index contributed by atoms with van der Waals surface area (Å²) in [5.74, 6) is 1.12. The fourth-order valence-corrected chi connectivity index (χ4v) is 5.74. The molecule has 0 fully saturated rings. The molecule has 5 rings (SSSR count). The quantitative estimate of drug-likeness (QED) is 0.533. The van der Waals surface area contributed by atoms with Crippen molar-refractivity contribution in [2.75, 3.05) is 18.9 Å². The van der Waals surface area contributed by atoms with E-state index in [1.807, 2.05) is 37.1 Å². The van der Waals surface area contributed by atoms with Crippen molar-refractivity contribution in [3.05, 3.63) is 35.0 Å². The zero-order valence-corrected chi connectivity index (χ0v) is 17.8. The van der Waals surface area contributed by atoms with Crippen LogP contribution in [0.25, 0.3) is 20.4 Å². The van der Waals surface area contributed by atoms with Gasteiger partial charge in [0.05, 0.1) is 10.1 Å². The highest BCUT2D eigenvalue weighted by atomic mass is 32.1. The number of aromatic nitrogens is 4. The fourth-order valence-electron chi connectivity index (χ4n) is 3.88. The van der Waals surface area contributed by atoms with E-state index in [0.717, 1.165) is 57.7 Å². The van der Waals surface area contributed by atoms with E-state index in [4.69, 9.17) is 0 Å². The Morgan fingerprint density at radius 2 is 2.24 bits per heavy atom. The molecule has 1 amide bonds. The Bertz CT molecular complexity index is 1220. The number of hydrogen-bond donors (Lipinski definition) is 1. The monoisotopic (exact) mass is 424 g/mol. The number of hydrogen-bond acceptors (Lipinski definition) is 8. The standard InChI is InChI=1S/C20H20N6OS2/c1-3-26(2)20(27)11-4-6-13-15(8-11)28-19-17(13)18(21-10-22-19)23-12-5-7-14-16(9-12)29-25-24-14/h5,7,9-11H,3-4,6,8H2,1-2H3,(H,21,22,23)/t11-/m0/s1. The maximum absolute atomic E-state index is 12.6. The van der Waals surface area contributed by atoms with Crippen molar-refractivity contribution in [2.45, 2.75) is 26.2 Å². The Kier molecular flexibility index (Phi) is 4.63. The predicted octanol–water partition coefficient (Wildman–Crippen LogP) is 4.02. The van der Waals surface area contributed by atoms with Crippen LogP contribution in [0.15, 0.2) is 24.5 Å². The van der Waals surface area contributed by atoms with Gasteiger partial charge in [0.25, 0.3) is 0 Å². The highest BCUT2D eigenvalue weighted by Gasteiger charge is 2.30. The molecule has 7 nitrogen and oxygen atoms in total. The van der Waals surface area contributed by atoms with E-state index < -0.39 is 0 Å². The van der Waals surface area contributed by atoms with Crippen LogP contribution in [0.4, 0.5) is 11.5 Å². The molecular weight excluding hydrogens is 404 g/mol. The van der Waals surface area contributed by atoms with Gasteiger partial charge in [0.2, 0.25) is 5.91 Å². The molecule has 0 saturated heterocycles. The topological polar surface area (TPSA) is 83.9 Å². The Morgan fingerprint density at radius 3 is 3.10 bits per heavy atom. The van der Waals surface area contributed by atoms with Gasteiger partial charge < -0.3 is 10.2 Å². The van der Waals surface area contributed by atoms with Crippen LogP contribution in [0.2, 0.25) is 0 Å². The van der Waals surface area contributed by atoms with Crippen LogP contribution in [0, 0.1) is 5.92 Å². The molecule has 1 aliphatic rings. The van der Waals surface area contributed by atoms with Gasteiger partial charge in [0.1, 0.15) is 22.5 Å². The number of amides is 1. The second kappa shape index (κ2) is 7.31. The second-order valence-electron chi connectivity index (χ2n) is 7.28. The highest BCUT2D eigenvalue weighted by molar-refractivity contribution is 7.19. The molecule has 3 aromatic heterocycles. The zero-order valence-electron chi connectivity index (χ0n) is 16.2. The molecule has 0 saturated carbocycles. The summed E-state index contributed by atoms with van der Waals surface area (Å²) in [5, 5.41) is 8.64. The lowest BCUT2D eigenvalue weighted by molar-refractivity contribution is -0.134. The SMILES string of the molecule is CCN(C)C(=O)[C@H]1CCc2c(sc3ncnc(Nc4ccc5nnsc5c4)c23)C1. The second-order valence-corrected chi connectivity index (χ2v) is 9.15. The maximum Gasteiger partial charge on any atom is 0.225 e. The van der Waals surface area contributed by atoms with Crippen LogP contribution in [0.1, 0.15) is 23.8 Å².